The zero-order valence-corrected chi connectivity index (χ0v) is 13.2. The molecule has 2 aromatic rings. The highest BCUT2D eigenvalue weighted by Crippen LogP contribution is 2.26. The fourth-order valence-corrected chi connectivity index (χ4v) is 2.46. The van der Waals surface area contributed by atoms with Crippen molar-refractivity contribution < 1.29 is 22.7 Å². The highest BCUT2D eigenvalue weighted by molar-refractivity contribution is 6.11. The fourth-order valence-electron chi connectivity index (χ4n) is 2.46. The lowest BCUT2D eigenvalue weighted by Crippen LogP contribution is -2.42. The number of aryl methyl sites for hydroxylation is 2. The third kappa shape index (κ3) is 3.12. The van der Waals surface area contributed by atoms with E-state index in [1.54, 1.807) is 26.0 Å². The third-order valence-electron chi connectivity index (χ3n) is 3.35. The van der Waals surface area contributed by atoms with Crippen LogP contribution in [0.25, 0.3) is 17.8 Å². The van der Waals surface area contributed by atoms with Crippen molar-refractivity contribution in [1.82, 2.24) is 9.78 Å². The minimum atomic E-state index is -5.05. The molecule has 1 aromatic carbocycles. The van der Waals surface area contributed by atoms with Crippen LogP contribution in [0.5, 0.6) is 0 Å². The molecule has 0 amide bonds. The summed E-state index contributed by atoms with van der Waals surface area (Å²) in [6.07, 6.45) is -5.05. The van der Waals surface area contributed by atoms with Gasteiger partial charge in [0.25, 0.3) is 5.56 Å². The van der Waals surface area contributed by atoms with Crippen LogP contribution in [0.3, 0.4) is 0 Å². The predicted molar refractivity (Wildman–Crippen MR) is 82.1 cm³/mol. The van der Waals surface area contributed by atoms with Crippen molar-refractivity contribution in [3.8, 4) is 5.69 Å². The van der Waals surface area contributed by atoms with Gasteiger partial charge in [-0.3, -0.25) is 9.89 Å². The molecular formula is C16H15F3N2O3. The Balaban J connectivity index is 2.92. The molecule has 0 aliphatic heterocycles. The van der Waals surface area contributed by atoms with Gasteiger partial charge in [0.1, 0.15) is 0 Å². The van der Waals surface area contributed by atoms with Crippen molar-refractivity contribution in [3.05, 3.63) is 50.2 Å². The average Bonchev–Trinajstić information content (AvgIpc) is 2.73. The quantitative estimate of drug-likeness (QED) is 0.832. The first-order chi connectivity index (χ1) is 11.1. The molecule has 0 atom stereocenters. The van der Waals surface area contributed by atoms with Gasteiger partial charge >= 0.3 is 12.1 Å². The highest BCUT2D eigenvalue weighted by atomic mass is 19.4. The van der Waals surface area contributed by atoms with E-state index in [0.29, 0.717) is 5.69 Å². The number of rotatable bonds is 2. The lowest BCUT2D eigenvalue weighted by Gasteiger charge is -2.08. The second-order valence-electron chi connectivity index (χ2n) is 5.32. The third-order valence-corrected chi connectivity index (χ3v) is 3.35. The van der Waals surface area contributed by atoms with Gasteiger partial charge in [-0.1, -0.05) is 12.6 Å². The minimum absolute atomic E-state index is 0.322. The van der Waals surface area contributed by atoms with Crippen LogP contribution < -0.4 is 16.1 Å². The molecule has 0 spiro atoms. The molecular weight excluding hydrogens is 325 g/mol. The first-order valence-electron chi connectivity index (χ1n) is 6.84. The Labute approximate surface area is 134 Å². The average molecular weight is 340 g/mol. The van der Waals surface area contributed by atoms with Crippen molar-refractivity contribution in [2.45, 2.75) is 20.0 Å². The summed E-state index contributed by atoms with van der Waals surface area (Å²) in [5.74, 6) is -1.64. The molecule has 5 nitrogen and oxygen atoms in total. The summed E-state index contributed by atoms with van der Waals surface area (Å²) in [4.78, 5) is 24.0. The Morgan fingerprint density at radius 3 is 2.21 bits per heavy atom. The second-order valence-corrected chi connectivity index (χ2v) is 5.32. The number of aromatic nitrogens is 2. The van der Waals surface area contributed by atoms with Crippen LogP contribution in [0.2, 0.25) is 0 Å². The van der Waals surface area contributed by atoms with E-state index >= 15 is 0 Å². The summed E-state index contributed by atoms with van der Waals surface area (Å²) in [6.45, 7) is 7.00. The van der Waals surface area contributed by atoms with Crippen molar-refractivity contribution in [2.75, 3.05) is 7.11 Å². The largest absolute Gasteiger partial charge is 0.465 e. The maximum absolute atomic E-state index is 13.2. The molecule has 1 N–H and O–H groups in total. The standard InChI is InChI=1S/C16H15F3N2O3/c1-8-5-9(2)7-11(6-8)21-14(22)12(10(3)20-21)13(15(23)24-4)16(17,18)19/h5-7,20H,3H2,1-2,4H3. The van der Waals surface area contributed by atoms with Gasteiger partial charge in [0.2, 0.25) is 0 Å². The van der Waals surface area contributed by atoms with Crippen LogP contribution >= 0.6 is 0 Å². The number of H-pyrrole nitrogens is 1. The Kier molecular flexibility index (Phi) is 4.42. The van der Waals surface area contributed by atoms with E-state index in [0.717, 1.165) is 22.9 Å². The normalized spacial score (nSPS) is 12.9. The second kappa shape index (κ2) is 6.03. The van der Waals surface area contributed by atoms with Gasteiger partial charge in [0.05, 0.1) is 23.4 Å². The number of hydrogen-bond donors (Lipinski definition) is 1. The molecule has 0 fully saturated rings. The summed E-state index contributed by atoms with van der Waals surface area (Å²) in [6, 6.07) is 5.10. The predicted octanol–water partition coefficient (Wildman–Crippen LogP) is 1.08. The molecule has 128 valence electrons. The van der Waals surface area contributed by atoms with Crippen molar-refractivity contribution in [3.63, 3.8) is 0 Å². The number of nitrogens with one attached hydrogen (secondary N) is 1. The Bertz CT molecular complexity index is 948. The van der Waals surface area contributed by atoms with Crippen LogP contribution in [0.15, 0.2) is 23.0 Å². The van der Waals surface area contributed by atoms with Crippen molar-refractivity contribution in [2.24, 2.45) is 0 Å². The zero-order chi connectivity index (χ0) is 18.2. The van der Waals surface area contributed by atoms with Gasteiger partial charge in [0, 0.05) is 0 Å². The molecule has 1 heterocycles. The monoisotopic (exact) mass is 340 g/mol. The maximum Gasteiger partial charge on any atom is 0.424 e. The highest BCUT2D eigenvalue weighted by Gasteiger charge is 2.41. The number of esters is 1. The number of ether oxygens (including phenoxy) is 1. The number of alkyl halides is 3. The van der Waals surface area contributed by atoms with Gasteiger partial charge in [-0.15, -0.1) is 0 Å². The van der Waals surface area contributed by atoms with E-state index in [1.807, 2.05) is 6.07 Å². The maximum atomic E-state index is 13.2. The van der Waals surface area contributed by atoms with Crippen LogP contribution in [0.4, 0.5) is 13.2 Å². The topological polar surface area (TPSA) is 64.1 Å². The SMILES string of the molecule is C=c1[nH]n(-c2cc(C)cc(C)c2)c(=O)c1=C(C(=O)OC)C(F)(F)F. The van der Waals surface area contributed by atoms with E-state index in [-0.39, 0.29) is 5.35 Å². The molecule has 0 radical (unpaired) electrons. The van der Waals surface area contributed by atoms with Gasteiger partial charge in [-0.2, -0.15) is 13.2 Å². The molecule has 0 bridgehead atoms. The Hall–Kier alpha value is -2.77. The Morgan fingerprint density at radius 2 is 1.75 bits per heavy atom. The van der Waals surface area contributed by atoms with E-state index < -0.39 is 28.5 Å². The molecule has 0 aliphatic carbocycles. The zero-order valence-electron chi connectivity index (χ0n) is 13.2. The number of hydrogen-bond acceptors (Lipinski definition) is 3. The van der Waals surface area contributed by atoms with Crippen LogP contribution in [0.1, 0.15) is 11.1 Å². The van der Waals surface area contributed by atoms with Crippen LogP contribution in [0, 0.1) is 13.8 Å². The molecule has 1 aromatic heterocycles. The minimum Gasteiger partial charge on any atom is -0.465 e. The summed E-state index contributed by atoms with van der Waals surface area (Å²) in [5.41, 5.74) is -0.708. The summed E-state index contributed by atoms with van der Waals surface area (Å²) >= 11 is 0. The molecule has 8 heteroatoms. The molecule has 0 aliphatic rings. The first kappa shape index (κ1) is 17.6. The first-order valence-corrected chi connectivity index (χ1v) is 6.84. The van der Waals surface area contributed by atoms with Gasteiger partial charge in [0.15, 0.2) is 5.57 Å². The van der Waals surface area contributed by atoms with Crippen LogP contribution in [-0.2, 0) is 9.53 Å². The van der Waals surface area contributed by atoms with Crippen molar-refractivity contribution >= 4 is 18.1 Å². The summed E-state index contributed by atoms with van der Waals surface area (Å²) in [7, 11) is 0.811. The number of halogens is 3. The number of carbonyl (C=O) groups excluding carboxylic acids is 1. The molecule has 0 saturated carbocycles. The summed E-state index contributed by atoms with van der Waals surface area (Å²) in [5, 5.41) is 1.30. The smallest absolute Gasteiger partial charge is 0.424 e. The molecule has 0 saturated heterocycles. The van der Waals surface area contributed by atoms with Gasteiger partial charge in [-0.25, -0.2) is 9.48 Å². The number of benzene rings is 1. The van der Waals surface area contributed by atoms with Gasteiger partial charge in [-0.05, 0) is 37.1 Å². The van der Waals surface area contributed by atoms with E-state index in [2.05, 4.69) is 16.4 Å². The Morgan fingerprint density at radius 1 is 1.21 bits per heavy atom. The lowest BCUT2D eigenvalue weighted by molar-refractivity contribution is -0.140. The van der Waals surface area contributed by atoms with E-state index in [9.17, 15) is 22.8 Å². The number of aromatic amines is 1. The lowest BCUT2D eigenvalue weighted by atomic mass is 10.1. The summed E-state index contributed by atoms with van der Waals surface area (Å²) < 4.78 is 44.7. The van der Waals surface area contributed by atoms with Crippen LogP contribution in [-0.4, -0.2) is 29.0 Å². The molecule has 0 unspecified atom stereocenters. The number of carbonyl (C=O) groups is 1. The fraction of sp³-hybridized carbons (Fsp3) is 0.250. The van der Waals surface area contributed by atoms with E-state index in [4.69, 9.17) is 0 Å². The van der Waals surface area contributed by atoms with Crippen molar-refractivity contribution in [1.29, 1.82) is 0 Å². The number of methoxy groups -OCH3 is 1. The van der Waals surface area contributed by atoms with E-state index in [1.165, 1.54) is 0 Å². The van der Waals surface area contributed by atoms with Gasteiger partial charge < -0.3 is 4.74 Å². The molecule has 2 rings (SSSR count). The molecule has 24 heavy (non-hydrogen) atoms. The number of nitrogens with zero attached hydrogens (tertiary/aromatic N) is 1.